The van der Waals surface area contributed by atoms with Crippen LogP contribution >= 0.6 is 11.8 Å². The number of hydrogen-bond donors (Lipinski definition) is 1. The molecular formula is C15H23NS. The van der Waals surface area contributed by atoms with Gasteiger partial charge in [-0.2, -0.15) is 0 Å². The summed E-state index contributed by atoms with van der Waals surface area (Å²) in [7, 11) is 0. The quantitative estimate of drug-likeness (QED) is 0.869. The molecule has 1 N–H and O–H groups in total. The molecule has 0 aliphatic heterocycles. The highest BCUT2D eigenvalue weighted by Crippen LogP contribution is 2.38. The summed E-state index contributed by atoms with van der Waals surface area (Å²) in [6.07, 6.45) is 2.68. The van der Waals surface area contributed by atoms with Crippen molar-refractivity contribution in [3.63, 3.8) is 0 Å². The molecule has 0 aromatic heterocycles. The molecule has 1 aromatic rings. The predicted octanol–water partition coefficient (Wildman–Crippen LogP) is 3.86. The van der Waals surface area contributed by atoms with E-state index in [4.69, 9.17) is 0 Å². The fourth-order valence-corrected chi connectivity index (χ4v) is 3.94. The molecule has 1 nitrogen and oxygen atoms in total. The lowest BCUT2D eigenvalue weighted by Crippen LogP contribution is -2.32. The average Bonchev–Trinajstić information content (AvgIpc) is 2.65. The summed E-state index contributed by atoms with van der Waals surface area (Å²) in [6, 6.07) is 9.66. The van der Waals surface area contributed by atoms with Crippen LogP contribution in [-0.4, -0.2) is 17.8 Å². The van der Waals surface area contributed by atoms with Gasteiger partial charge in [-0.3, -0.25) is 0 Å². The summed E-state index contributed by atoms with van der Waals surface area (Å²) >= 11 is 2.06. The number of hydrogen-bond acceptors (Lipinski definition) is 2. The van der Waals surface area contributed by atoms with Crippen molar-refractivity contribution in [3.05, 3.63) is 29.8 Å². The van der Waals surface area contributed by atoms with Crippen LogP contribution in [0.25, 0.3) is 0 Å². The Morgan fingerprint density at radius 2 is 1.94 bits per heavy atom. The van der Waals surface area contributed by atoms with Gasteiger partial charge in [0, 0.05) is 16.2 Å². The van der Waals surface area contributed by atoms with Crippen LogP contribution in [0.2, 0.25) is 0 Å². The Hall–Kier alpha value is -0.470. The van der Waals surface area contributed by atoms with E-state index in [1.807, 2.05) is 0 Å². The number of aryl methyl sites for hydroxylation is 1. The van der Waals surface area contributed by atoms with E-state index in [2.05, 4.69) is 62.1 Å². The highest BCUT2D eigenvalue weighted by atomic mass is 32.2. The van der Waals surface area contributed by atoms with Crippen LogP contribution in [-0.2, 0) is 0 Å². The van der Waals surface area contributed by atoms with Crippen LogP contribution in [0, 0.1) is 12.8 Å². The van der Waals surface area contributed by atoms with Gasteiger partial charge in [0.05, 0.1) is 0 Å². The zero-order valence-corrected chi connectivity index (χ0v) is 11.9. The first-order valence-electron chi connectivity index (χ1n) is 6.67. The van der Waals surface area contributed by atoms with Crippen LogP contribution in [0.15, 0.2) is 29.2 Å². The molecule has 3 atom stereocenters. The van der Waals surface area contributed by atoms with Crippen molar-refractivity contribution in [3.8, 4) is 0 Å². The lowest BCUT2D eigenvalue weighted by atomic mass is 10.1. The second-order valence-electron chi connectivity index (χ2n) is 5.07. The van der Waals surface area contributed by atoms with Crippen molar-refractivity contribution >= 4 is 11.8 Å². The van der Waals surface area contributed by atoms with Crippen molar-refractivity contribution < 1.29 is 0 Å². The zero-order valence-electron chi connectivity index (χ0n) is 11.1. The first-order valence-corrected chi connectivity index (χ1v) is 7.55. The molecule has 94 valence electrons. The maximum atomic E-state index is 3.61. The molecule has 2 rings (SSSR count). The number of benzene rings is 1. The normalized spacial score (nSPS) is 28.5. The monoisotopic (exact) mass is 249 g/mol. The minimum Gasteiger partial charge on any atom is -0.314 e. The van der Waals surface area contributed by atoms with Crippen LogP contribution < -0.4 is 5.32 Å². The Bertz CT molecular complexity index is 346. The summed E-state index contributed by atoms with van der Waals surface area (Å²) in [5.41, 5.74) is 1.35. The molecule has 1 fully saturated rings. The highest BCUT2D eigenvalue weighted by Gasteiger charge is 2.32. The van der Waals surface area contributed by atoms with Gasteiger partial charge in [-0.25, -0.2) is 0 Å². The molecule has 1 aliphatic rings. The van der Waals surface area contributed by atoms with E-state index in [0.29, 0.717) is 0 Å². The first-order chi connectivity index (χ1) is 8.20. The molecule has 3 unspecified atom stereocenters. The van der Waals surface area contributed by atoms with E-state index >= 15 is 0 Å². The summed E-state index contributed by atoms with van der Waals surface area (Å²) in [5.74, 6) is 0.779. The minimum absolute atomic E-state index is 0.725. The lowest BCUT2D eigenvalue weighted by molar-refractivity contribution is 0.441. The summed E-state index contributed by atoms with van der Waals surface area (Å²) in [4.78, 5) is 1.42. The molecular weight excluding hydrogens is 226 g/mol. The molecule has 1 saturated carbocycles. The summed E-state index contributed by atoms with van der Waals surface area (Å²) in [6.45, 7) is 7.84. The van der Waals surface area contributed by atoms with Crippen LogP contribution in [0.5, 0.6) is 0 Å². The molecule has 0 amide bonds. The number of nitrogens with one attached hydrogen (secondary N) is 1. The minimum atomic E-state index is 0.725. The van der Waals surface area contributed by atoms with Crippen LogP contribution in [0.1, 0.15) is 32.3 Å². The predicted molar refractivity (Wildman–Crippen MR) is 76.7 cm³/mol. The Balaban J connectivity index is 1.94. The van der Waals surface area contributed by atoms with Gasteiger partial charge >= 0.3 is 0 Å². The summed E-state index contributed by atoms with van der Waals surface area (Å²) < 4.78 is 0. The Morgan fingerprint density at radius 3 is 2.59 bits per heavy atom. The van der Waals surface area contributed by atoms with Gasteiger partial charge in [0.15, 0.2) is 0 Å². The fraction of sp³-hybridized carbons (Fsp3) is 0.600. The van der Waals surface area contributed by atoms with E-state index in [9.17, 15) is 0 Å². The van der Waals surface area contributed by atoms with Crippen molar-refractivity contribution in [2.75, 3.05) is 6.54 Å². The molecule has 0 saturated heterocycles. The van der Waals surface area contributed by atoms with Crippen molar-refractivity contribution in [1.29, 1.82) is 0 Å². The molecule has 2 heteroatoms. The van der Waals surface area contributed by atoms with E-state index in [-0.39, 0.29) is 0 Å². The second kappa shape index (κ2) is 5.92. The van der Waals surface area contributed by atoms with E-state index < -0.39 is 0 Å². The Kier molecular flexibility index (Phi) is 4.52. The van der Waals surface area contributed by atoms with Gasteiger partial charge in [-0.15, -0.1) is 11.8 Å². The second-order valence-corrected chi connectivity index (χ2v) is 6.38. The Morgan fingerprint density at radius 1 is 1.24 bits per heavy atom. The molecule has 0 radical (unpaired) electrons. The maximum Gasteiger partial charge on any atom is 0.0135 e. The van der Waals surface area contributed by atoms with Crippen LogP contribution in [0.4, 0.5) is 0 Å². The SMILES string of the molecule is CCNC1CCC(Sc2ccc(C)cc2)C1C. The number of rotatable bonds is 4. The van der Waals surface area contributed by atoms with Crippen LogP contribution in [0.3, 0.4) is 0 Å². The van der Waals surface area contributed by atoms with E-state index in [0.717, 1.165) is 23.8 Å². The molecule has 1 aromatic carbocycles. The zero-order chi connectivity index (χ0) is 12.3. The standard InChI is InChI=1S/C15H23NS/c1-4-16-14-9-10-15(12(14)3)17-13-7-5-11(2)6-8-13/h5-8,12,14-16H,4,9-10H2,1-3H3. The van der Waals surface area contributed by atoms with E-state index in [1.165, 1.54) is 23.3 Å². The van der Waals surface area contributed by atoms with Gasteiger partial charge in [0.25, 0.3) is 0 Å². The third-order valence-electron chi connectivity index (χ3n) is 3.76. The van der Waals surface area contributed by atoms with Crippen molar-refractivity contribution in [2.45, 2.75) is 49.8 Å². The topological polar surface area (TPSA) is 12.0 Å². The third-order valence-corrected chi connectivity index (χ3v) is 5.27. The number of thioether (sulfide) groups is 1. The largest absolute Gasteiger partial charge is 0.314 e. The fourth-order valence-electron chi connectivity index (χ4n) is 2.64. The molecule has 0 heterocycles. The third kappa shape index (κ3) is 3.26. The molecule has 0 bridgehead atoms. The van der Waals surface area contributed by atoms with Gasteiger partial charge in [-0.05, 0) is 44.4 Å². The van der Waals surface area contributed by atoms with Gasteiger partial charge in [0.2, 0.25) is 0 Å². The molecule has 0 spiro atoms. The van der Waals surface area contributed by atoms with Gasteiger partial charge in [-0.1, -0.05) is 31.5 Å². The molecule has 1 aliphatic carbocycles. The average molecular weight is 249 g/mol. The highest BCUT2D eigenvalue weighted by molar-refractivity contribution is 8.00. The van der Waals surface area contributed by atoms with Gasteiger partial charge < -0.3 is 5.32 Å². The van der Waals surface area contributed by atoms with E-state index in [1.54, 1.807) is 0 Å². The first kappa shape index (κ1) is 13.0. The van der Waals surface area contributed by atoms with Crippen molar-refractivity contribution in [1.82, 2.24) is 5.32 Å². The van der Waals surface area contributed by atoms with Crippen molar-refractivity contribution in [2.24, 2.45) is 5.92 Å². The maximum absolute atomic E-state index is 3.61. The van der Waals surface area contributed by atoms with Gasteiger partial charge in [0.1, 0.15) is 0 Å². The molecule has 17 heavy (non-hydrogen) atoms. The smallest absolute Gasteiger partial charge is 0.0135 e. The lowest BCUT2D eigenvalue weighted by Gasteiger charge is -2.21. The summed E-state index contributed by atoms with van der Waals surface area (Å²) in [5, 5.41) is 4.39. The Labute approximate surface area is 109 Å².